The van der Waals surface area contributed by atoms with Crippen LogP contribution in [0.25, 0.3) is 0 Å². The summed E-state index contributed by atoms with van der Waals surface area (Å²) in [6, 6.07) is 5.39. The fourth-order valence-corrected chi connectivity index (χ4v) is 2.56. The van der Waals surface area contributed by atoms with Gasteiger partial charge in [-0.1, -0.05) is 23.2 Å². The van der Waals surface area contributed by atoms with Crippen LogP contribution in [0.5, 0.6) is 0 Å². The third-order valence-corrected chi connectivity index (χ3v) is 3.29. The zero-order valence-corrected chi connectivity index (χ0v) is 9.44. The predicted molar refractivity (Wildman–Crippen MR) is 59.0 cm³/mol. The Kier molecular flexibility index (Phi) is 2.64. The van der Waals surface area contributed by atoms with Crippen molar-refractivity contribution in [2.75, 3.05) is 0 Å². The molecule has 4 heteroatoms. The number of hydrogen-bond donors (Lipinski definition) is 1. The molecule has 0 amide bonds. The molecule has 0 fully saturated rings. The largest absolute Gasteiger partial charge is 0.375 e. The third kappa shape index (κ3) is 1.96. The molecule has 15 heavy (non-hydrogen) atoms. The van der Waals surface area contributed by atoms with E-state index in [1.54, 1.807) is 12.1 Å². The van der Waals surface area contributed by atoms with Crippen LogP contribution in [0.1, 0.15) is 17.5 Å². The topological polar surface area (TPSA) is 44.0 Å². The Balaban J connectivity index is 2.47. The number of halogens is 2. The van der Waals surface area contributed by atoms with Crippen molar-refractivity contribution in [2.24, 2.45) is 0 Å². The van der Waals surface area contributed by atoms with Crippen LogP contribution in [-0.4, -0.2) is 10.7 Å². The van der Waals surface area contributed by atoms with Crippen molar-refractivity contribution >= 4 is 23.2 Å². The van der Waals surface area contributed by atoms with Crippen molar-refractivity contribution in [3.63, 3.8) is 0 Å². The van der Waals surface area contributed by atoms with Gasteiger partial charge in [0.05, 0.1) is 6.07 Å². The Labute approximate surface area is 98.0 Å². The van der Waals surface area contributed by atoms with Gasteiger partial charge < -0.3 is 5.11 Å². The van der Waals surface area contributed by atoms with Gasteiger partial charge >= 0.3 is 0 Å². The van der Waals surface area contributed by atoms with E-state index in [2.05, 4.69) is 0 Å². The summed E-state index contributed by atoms with van der Waals surface area (Å²) in [7, 11) is 0. The number of benzene rings is 1. The van der Waals surface area contributed by atoms with Crippen molar-refractivity contribution in [2.45, 2.75) is 24.9 Å². The molecule has 1 N–H and O–H groups in total. The first-order chi connectivity index (χ1) is 7.04. The van der Waals surface area contributed by atoms with Crippen molar-refractivity contribution in [3.8, 4) is 6.07 Å². The van der Waals surface area contributed by atoms with Gasteiger partial charge in [-0.05, 0) is 36.1 Å². The lowest BCUT2D eigenvalue weighted by molar-refractivity contribution is 0.0840. The number of nitrogens with zero attached hydrogens (tertiary/aromatic N) is 1. The van der Waals surface area contributed by atoms with E-state index in [0.29, 0.717) is 29.3 Å². The Morgan fingerprint density at radius 2 is 2.13 bits per heavy atom. The first-order valence-corrected chi connectivity index (χ1v) is 5.40. The van der Waals surface area contributed by atoms with Gasteiger partial charge in [0.15, 0.2) is 5.60 Å². The fraction of sp³-hybridized carbons (Fsp3) is 0.364. The van der Waals surface area contributed by atoms with E-state index in [-0.39, 0.29) is 0 Å². The molecule has 78 valence electrons. The maximum Gasteiger partial charge on any atom is 0.155 e. The second-order valence-electron chi connectivity index (χ2n) is 3.85. The average Bonchev–Trinajstić information content (AvgIpc) is 2.16. The van der Waals surface area contributed by atoms with E-state index >= 15 is 0 Å². The highest BCUT2D eigenvalue weighted by Crippen LogP contribution is 2.34. The lowest BCUT2D eigenvalue weighted by atomic mass is 9.81. The van der Waals surface area contributed by atoms with Crippen LogP contribution in [-0.2, 0) is 12.8 Å². The SMILES string of the molecule is N#CC1(O)CCc2c(Cl)cc(Cl)cc2C1. The van der Waals surface area contributed by atoms with Crippen LogP contribution < -0.4 is 0 Å². The molecule has 1 atom stereocenters. The Hall–Kier alpha value is -0.750. The van der Waals surface area contributed by atoms with Crippen molar-refractivity contribution < 1.29 is 5.11 Å². The smallest absolute Gasteiger partial charge is 0.155 e. The van der Waals surface area contributed by atoms with Crippen LogP contribution in [0.3, 0.4) is 0 Å². The minimum atomic E-state index is -1.26. The standard InChI is InChI=1S/C11H9Cl2NO/c12-8-3-7-5-11(15,6-14)2-1-9(7)10(13)4-8/h3-4,15H,1-2,5H2. The van der Waals surface area contributed by atoms with Gasteiger partial charge in [-0.3, -0.25) is 0 Å². The number of fused-ring (bicyclic) bond motifs is 1. The lowest BCUT2D eigenvalue weighted by Gasteiger charge is -2.28. The third-order valence-electron chi connectivity index (χ3n) is 2.73. The number of nitriles is 1. The monoisotopic (exact) mass is 241 g/mol. The van der Waals surface area contributed by atoms with Crippen LogP contribution in [0.15, 0.2) is 12.1 Å². The molecular weight excluding hydrogens is 233 g/mol. The van der Waals surface area contributed by atoms with Gasteiger partial charge in [0.25, 0.3) is 0 Å². The van der Waals surface area contributed by atoms with Crippen molar-refractivity contribution in [1.82, 2.24) is 0 Å². The summed E-state index contributed by atoms with van der Waals surface area (Å²) in [5.74, 6) is 0. The zero-order chi connectivity index (χ0) is 11.1. The summed E-state index contributed by atoms with van der Waals surface area (Å²) in [5, 5.41) is 19.9. The highest BCUT2D eigenvalue weighted by atomic mass is 35.5. The van der Waals surface area contributed by atoms with E-state index < -0.39 is 5.60 Å². The zero-order valence-electron chi connectivity index (χ0n) is 7.93. The summed E-state index contributed by atoms with van der Waals surface area (Å²) in [5.41, 5.74) is 0.616. The molecule has 2 nitrogen and oxygen atoms in total. The van der Waals surface area contributed by atoms with Gasteiger partial charge in [0.2, 0.25) is 0 Å². The van der Waals surface area contributed by atoms with Crippen LogP contribution >= 0.6 is 23.2 Å². The quantitative estimate of drug-likeness (QED) is 0.711. The Morgan fingerprint density at radius 1 is 1.40 bits per heavy atom. The van der Waals surface area contributed by atoms with E-state index in [4.69, 9.17) is 28.5 Å². The summed E-state index contributed by atoms with van der Waals surface area (Å²) in [6.07, 6.45) is 1.35. The molecule has 0 bridgehead atoms. The summed E-state index contributed by atoms with van der Waals surface area (Å²) < 4.78 is 0. The molecule has 2 rings (SSSR count). The minimum Gasteiger partial charge on any atom is -0.375 e. The molecule has 1 unspecified atom stereocenters. The molecule has 1 aliphatic carbocycles. The van der Waals surface area contributed by atoms with E-state index in [0.717, 1.165) is 11.1 Å². The molecule has 0 radical (unpaired) electrons. The van der Waals surface area contributed by atoms with Crippen LogP contribution in [0.4, 0.5) is 0 Å². The van der Waals surface area contributed by atoms with Gasteiger partial charge in [0.1, 0.15) is 0 Å². The van der Waals surface area contributed by atoms with Crippen LogP contribution in [0.2, 0.25) is 10.0 Å². The highest BCUT2D eigenvalue weighted by molar-refractivity contribution is 6.35. The Bertz CT molecular complexity index is 453. The Morgan fingerprint density at radius 3 is 2.80 bits per heavy atom. The summed E-state index contributed by atoms with van der Waals surface area (Å²) in [6.45, 7) is 0. The molecule has 0 aromatic heterocycles. The van der Waals surface area contributed by atoms with Gasteiger partial charge in [-0.2, -0.15) is 5.26 Å². The summed E-state index contributed by atoms with van der Waals surface area (Å²) in [4.78, 5) is 0. The summed E-state index contributed by atoms with van der Waals surface area (Å²) >= 11 is 11.9. The molecule has 0 aliphatic heterocycles. The number of aliphatic hydroxyl groups is 1. The minimum absolute atomic E-state index is 0.305. The maximum absolute atomic E-state index is 9.86. The fourth-order valence-electron chi connectivity index (χ4n) is 1.93. The first-order valence-electron chi connectivity index (χ1n) is 4.64. The molecule has 1 aliphatic rings. The number of hydrogen-bond acceptors (Lipinski definition) is 2. The first kappa shape index (κ1) is 10.8. The molecule has 1 aromatic carbocycles. The van der Waals surface area contributed by atoms with E-state index in [1.807, 2.05) is 6.07 Å². The molecule has 0 heterocycles. The second-order valence-corrected chi connectivity index (χ2v) is 4.69. The normalized spacial score (nSPS) is 24.4. The van der Waals surface area contributed by atoms with Crippen LogP contribution in [0, 0.1) is 11.3 Å². The van der Waals surface area contributed by atoms with Crippen molar-refractivity contribution in [3.05, 3.63) is 33.3 Å². The van der Waals surface area contributed by atoms with Gasteiger partial charge in [-0.15, -0.1) is 0 Å². The van der Waals surface area contributed by atoms with E-state index in [1.165, 1.54) is 0 Å². The average molecular weight is 242 g/mol. The molecule has 0 saturated carbocycles. The highest BCUT2D eigenvalue weighted by Gasteiger charge is 2.32. The van der Waals surface area contributed by atoms with E-state index in [9.17, 15) is 5.11 Å². The molecule has 0 spiro atoms. The van der Waals surface area contributed by atoms with Gasteiger partial charge in [-0.25, -0.2) is 0 Å². The van der Waals surface area contributed by atoms with Gasteiger partial charge in [0, 0.05) is 16.5 Å². The molecule has 0 saturated heterocycles. The molecular formula is C11H9Cl2NO. The second kappa shape index (κ2) is 3.68. The number of rotatable bonds is 0. The maximum atomic E-state index is 9.86. The predicted octanol–water partition coefficient (Wildman–Crippen LogP) is 2.74. The molecule has 1 aromatic rings. The van der Waals surface area contributed by atoms with Crippen molar-refractivity contribution in [1.29, 1.82) is 5.26 Å². The lowest BCUT2D eigenvalue weighted by Crippen LogP contribution is -2.34.